The van der Waals surface area contributed by atoms with E-state index in [1.165, 1.54) is 0 Å². The van der Waals surface area contributed by atoms with Gasteiger partial charge in [-0.3, -0.25) is 4.79 Å². The highest BCUT2D eigenvalue weighted by Gasteiger charge is 2.36. The van der Waals surface area contributed by atoms with Crippen molar-refractivity contribution < 1.29 is 24.3 Å². The Bertz CT molecular complexity index is 249. The minimum Gasteiger partial charge on any atom is -0.508 e. The molecule has 0 aliphatic heterocycles. The number of rotatable bonds is 3. The maximum Gasteiger partial charge on any atom is 0.201 e. The van der Waals surface area contributed by atoms with Crippen LogP contribution in [-0.2, 0) is 8.98 Å². The number of ketones is 1. The highest BCUT2D eigenvalue weighted by Crippen LogP contribution is 2.28. The summed E-state index contributed by atoms with van der Waals surface area (Å²) in [7, 11) is 0. The summed E-state index contributed by atoms with van der Waals surface area (Å²) in [6.07, 6.45) is -1.14. The summed E-state index contributed by atoms with van der Waals surface area (Å²) in [6.45, 7) is -0.113. The third kappa shape index (κ3) is 1.96. The minimum atomic E-state index is -1.04. The molecule has 0 aromatic carbocycles. The number of hydrogen-bond acceptors (Lipinski definition) is 6. The van der Waals surface area contributed by atoms with Crippen molar-refractivity contribution in [2.45, 2.75) is 12.5 Å². The molecule has 2 atom stereocenters. The minimum absolute atomic E-state index is 0.101. The molecule has 2 unspecified atom stereocenters. The van der Waals surface area contributed by atoms with Crippen molar-refractivity contribution >= 4 is 18.7 Å². The van der Waals surface area contributed by atoms with Gasteiger partial charge in [0.15, 0.2) is 5.76 Å². The Morgan fingerprint density at radius 2 is 2.23 bits per heavy atom. The van der Waals surface area contributed by atoms with Gasteiger partial charge in [0.2, 0.25) is 5.78 Å². The standard InChI is InChI=1S/C7H10O5S/c8-4-1-3(5(9)2-12-13)6(10)7(4)11/h3,5,9-11,13H,1-2H2. The van der Waals surface area contributed by atoms with Crippen LogP contribution < -0.4 is 0 Å². The van der Waals surface area contributed by atoms with Crippen molar-refractivity contribution in [2.24, 2.45) is 5.92 Å². The van der Waals surface area contributed by atoms with Gasteiger partial charge in [-0.25, -0.2) is 0 Å². The van der Waals surface area contributed by atoms with E-state index in [0.717, 1.165) is 0 Å². The van der Waals surface area contributed by atoms with Gasteiger partial charge in [0.25, 0.3) is 0 Å². The van der Waals surface area contributed by atoms with Crippen LogP contribution in [0.1, 0.15) is 6.42 Å². The molecule has 0 aromatic rings. The summed E-state index contributed by atoms with van der Waals surface area (Å²) in [5.74, 6) is -2.48. The van der Waals surface area contributed by atoms with Crippen LogP contribution in [0.15, 0.2) is 11.5 Å². The zero-order chi connectivity index (χ0) is 10.0. The van der Waals surface area contributed by atoms with Gasteiger partial charge in [-0.2, -0.15) is 0 Å². The number of aliphatic hydroxyl groups is 3. The topological polar surface area (TPSA) is 87.0 Å². The average molecular weight is 206 g/mol. The van der Waals surface area contributed by atoms with E-state index < -0.39 is 29.3 Å². The molecule has 0 aromatic heterocycles. The molecule has 1 aliphatic carbocycles. The van der Waals surface area contributed by atoms with Gasteiger partial charge >= 0.3 is 0 Å². The first kappa shape index (κ1) is 10.4. The van der Waals surface area contributed by atoms with Crippen LogP contribution in [0.5, 0.6) is 0 Å². The second-order valence-corrected chi connectivity index (χ2v) is 3.09. The molecule has 6 heteroatoms. The molecule has 0 saturated heterocycles. The summed E-state index contributed by atoms with van der Waals surface area (Å²) in [5, 5.41) is 27.5. The summed E-state index contributed by atoms with van der Waals surface area (Å²) < 4.78 is 4.35. The highest BCUT2D eigenvalue weighted by atomic mass is 32.1. The Kier molecular flexibility index (Phi) is 3.18. The van der Waals surface area contributed by atoms with Crippen LogP contribution >= 0.6 is 12.9 Å². The van der Waals surface area contributed by atoms with E-state index in [4.69, 9.17) is 5.11 Å². The molecule has 0 bridgehead atoms. The Balaban J connectivity index is 2.70. The summed E-state index contributed by atoms with van der Waals surface area (Å²) in [6, 6.07) is 0. The molecule has 0 saturated carbocycles. The van der Waals surface area contributed by atoms with E-state index in [0.29, 0.717) is 0 Å². The first-order valence-electron chi connectivity index (χ1n) is 3.67. The fraction of sp³-hybridized carbons (Fsp3) is 0.571. The lowest BCUT2D eigenvalue weighted by atomic mass is 10.0. The number of carbonyl (C=O) groups is 1. The number of Topliss-reactive ketones (excluding diaryl/α,β-unsaturated/α-hetero) is 1. The van der Waals surface area contributed by atoms with Crippen LogP contribution in [-0.4, -0.2) is 33.8 Å². The summed E-state index contributed by atoms with van der Waals surface area (Å²) in [4.78, 5) is 10.9. The fourth-order valence-electron chi connectivity index (χ4n) is 1.22. The van der Waals surface area contributed by atoms with Crippen LogP contribution in [0.25, 0.3) is 0 Å². The average Bonchev–Trinajstić information content (AvgIpc) is 2.33. The predicted molar refractivity (Wildman–Crippen MR) is 46.3 cm³/mol. The van der Waals surface area contributed by atoms with Crippen LogP contribution in [0.2, 0.25) is 0 Å². The van der Waals surface area contributed by atoms with E-state index in [9.17, 15) is 15.0 Å². The lowest BCUT2D eigenvalue weighted by molar-refractivity contribution is -0.118. The molecular weight excluding hydrogens is 196 g/mol. The van der Waals surface area contributed by atoms with Crippen LogP contribution in [0.3, 0.4) is 0 Å². The number of allylic oxidation sites excluding steroid dienone is 1. The van der Waals surface area contributed by atoms with Crippen molar-refractivity contribution in [3.05, 3.63) is 11.5 Å². The van der Waals surface area contributed by atoms with E-state index in [-0.39, 0.29) is 13.0 Å². The molecule has 3 N–H and O–H groups in total. The van der Waals surface area contributed by atoms with Crippen molar-refractivity contribution in [3.8, 4) is 0 Å². The second-order valence-electron chi connectivity index (χ2n) is 2.83. The zero-order valence-corrected chi connectivity index (χ0v) is 7.57. The number of hydrogen-bond donors (Lipinski definition) is 4. The summed E-state index contributed by atoms with van der Waals surface area (Å²) in [5.41, 5.74) is 0. The maximum atomic E-state index is 10.9. The zero-order valence-electron chi connectivity index (χ0n) is 6.67. The smallest absolute Gasteiger partial charge is 0.201 e. The van der Waals surface area contributed by atoms with E-state index in [1.807, 2.05) is 0 Å². The molecule has 0 fully saturated rings. The van der Waals surface area contributed by atoms with Crippen molar-refractivity contribution in [1.29, 1.82) is 0 Å². The van der Waals surface area contributed by atoms with Gasteiger partial charge in [0.05, 0.1) is 18.6 Å². The Morgan fingerprint density at radius 1 is 1.62 bits per heavy atom. The van der Waals surface area contributed by atoms with Gasteiger partial charge in [-0.15, -0.1) is 0 Å². The van der Waals surface area contributed by atoms with Crippen molar-refractivity contribution in [1.82, 2.24) is 0 Å². The molecule has 0 spiro atoms. The predicted octanol–water partition coefficient (Wildman–Crippen LogP) is 0.125. The molecule has 74 valence electrons. The fourth-order valence-corrected chi connectivity index (χ4v) is 1.38. The van der Waals surface area contributed by atoms with Crippen molar-refractivity contribution in [2.75, 3.05) is 6.61 Å². The number of aliphatic hydroxyl groups excluding tert-OH is 3. The first-order chi connectivity index (χ1) is 6.07. The summed E-state index contributed by atoms with van der Waals surface area (Å²) >= 11 is 3.42. The highest BCUT2D eigenvalue weighted by molar-refractivity contribution is 7.75. The molecular formula is C7H10O5S. The van der Waals surface area contributed by atoms with Gasteiger partial charge in [0, 0.05) is 6.42 Å². The number of thiol groups is 1. The molecule has 0 amide bonds. The maximum absolute atomic E-state index is 10.9. The Morgan fingerprint density at radius 3 is 2.62 bits per heavy atom. The van der Waals surface area contributed by atoms with Crippen molar-refractivity contribution in [3.63, 3.8) is 0 Å². The Hall–Kier alpha value is -0.720. The molecule has 1 rings (SSSR count). The molecule has 5 nitrogen and oxygen atoms in total. The third-order valence-electron chi connectivity index (χ3n) is 1.97. The SMILES string of the molecule is O=C1CC(C(O)COS)C(O)=C1O. The van der Waals surface area contributed by atoms with Crippen LogP contribution in [0, 0.1) is 5.92 Å². The molecule has 0 heterocycles. The number of carbonyl (C=O) groups excluding carboxylic acids is 1. The molecule has 0 radical (unpaired) electrons. The lowest BCUT2D eigenvalue weighted by Gasteiger charge is -2.15. The van der Waals surface area contributed by atoms with Gasteiger partial charge < -0.3 is 19.5 Å². The van der Waals surface area contributed by atoms with E-state index in [1.54, 1.807) is 0 Å². The second kappa shape index (κ2) is 3.99. The largest absolute Gasteiger partial charge is 0.508 e. The first-order valence-corrected chi connectivity index (χ1v) is 4.04. The third-order valence-corrected chi connectivity index (χ3v) is 2.12. The normalized spacial score (nSPS) is 25.4. The van der Waals surface area contributed by atoms with E-state index >= 15 is 0 Å². The van der Waals surface area contributed by atoms with Gasteiger partial charge in [-0.1, -0.05) is 0 Å². The quantitative estimate of drug-likeness (QED) is 0.389. The van der Waals surface area contributed by atoms with Gasteiger partial charge in [-0.05, 0) is 12.9 Å². The van der Waals surface area contributed by atoms with E-state index in [2.05, 4.69) is 17.1 Å². The monoisotopic (exact) mass is 206 g/mol. The Labute approximate surface area is 80.3 Å². The van der Waals surface area contributed by atoms with Gasteiger partial charge in [0.1, 0.15) is 5.76 Å². The lowest BCUT2D eigenvalue weighted by Crippen LogP contribution is -2.24. The molecule has 1 aliphatic rings. The molecule has 13 heavy (non-hydrogen) atoms. The van der Waals surface area contributed by atoms with Crippen LogP contribution in [0.4, 0.5) is 0 Å².